The maximum atomic E-state index is 10.7. The topological polar surface area (TPSA) is 37.3 Å². The molecule has 70 valence electrons. The fraction of sp³-hybridized carbons (Fsp3) is 0.300. The van der Waals surface area contributed by atoms with Crippen LogP contribution >= 0.6 is 0 Å². The number of carbonyl (C=O) groups is 1. The van der Waals surface area contributed by atoms with Gasteiger partial charge in [-0.05, 0) is 43.5 Å². The van der Waals surface area contributed by atoms with Crippen molar-refractivity contribution < 1.29 is 9.90 Å². The molecular formula is C10H15GaO2. The van der Waals surface area contributed by atoms with E-state index in [9.17, 15) is 4.79 Å². The maximum absolute atomic E-state index is 10.7. The summed E-state index contributed by atoms with van der Waals surface area (Å²) in [4.78, 5) is 10.7. The molecule has 0 unspecified atom stereocenters. The molecule has 0 radical (unpaired) electrons. The Hall–Kier alpha value is -0.674. The molecule has 0 heterocycles. The number of benzene rings is 1. The van der Waals surface area contributed by atoms with Crippen LogP contribution in [0.25, 0.3) is 0 Å². The van der Waals surface area contributed by atoms with E-state index in [-0.39, 0.29) is 19.8 Å². The normalized spacial score (nSPS) is 9.15. The third-order valence-corrected chi connectivity index (χ3v) is 2.04. The number of carboxylic acids is 1. The van der Waals surface area contributed by atoms with E-state index in [1.165, 1.54) is 0 Å². The predicted molar refractivity (Wildman–Crippen MR) is 57.6 cm³/mol. The molecular weight excluding hydrogens is 222 g/mol. The third kappa shape index (κ3) is 2.64. The van der Waals surface area contributed by atoms with E-state index in [0.29, 0.717) is 5.56 Å². The molecule has 0 fully saturated rings. The first-order valence-corrected chi connectivity index (χ1v) is 3.83. The van der Waals surface area contributed by atoms with E-state index in [2.05, 4.69) is 0 Å². The molecule has 1 rings (SSSR count). The van der Waals surface area contributed by atoms with Gasteiger partial charge < -0.3 is 5.11 Å². The van der Waals surface area contributed by atoms with E-state index >= 15 is 0 Å². The van der Waals surface area contributed by atoms with Crippen molar-refractivity contribution in [2.75, 3.05) is 0 Å². The molecule has 0 aliphatic rings. The van der Waals surface area contributed by atoms with Crippen LogP contribution in [0.15, 0.2) is 12.1 Å². The van der Waals surface area contributed by atoms with Gasteiger partial charge in [0.15, 0.2) is 0 Å². The van der Waals surface area contributed by atoms with Gasteiger partial charge in [-0.25, -0.2) is 4.79 Å². The SMILES string of the molecule is Cc1cc(C)c(C)c(C(=O)O)c1.[GaH3]. The van der Waals surface area contributed by atoms with Crippen molar-refractivity contribution in [2.45, 2.75) is 20.8 Å². The Morgan fingerprint density at radius 3 is 2.23 bits per heavy atom. The van der Waals surface area contributed by atoms with Crippen molar-refractivity contribution >= 4 is 25.8 Å². The Morgan fingerprint density at radius 2 is 1.77 bits per heavy atom. The van der Waals surface area contributed by atoms with E-state index in [1.807, 2.05) is 26.8 Å². The van der Waals surface area contributed by atoms with Gasteiger partial charge in [0.05, 0.1) is 5.56 Å². The van der Waals surface area contributed by atoms with Gasteiger partial charge in [0.2, 0.25) is 0 Å². The zero-order chi connectivity index (χ0) is 9.30. The number of hydrogen-bond donors (Lipinski definition) is 1. The van der Waals surface area contributed by atoms with Crippen molar-refractivity contribution in [3.8, 4) is 0 Å². The zero-order valence-corrected chi connectivity index (χ0v) is 7.51. The van der Waals surface area contributed by atoms with Crippen LogP contribution in [0.4, 0.5) is 0 Å². The van der Waals surface area contributed by atoms with Gasteiger partial charge in [-0.1, -0.05) is 6.07 Å². The Morgan fingerprint density at radius 1 is 1.23 bits per heavy atom. The predicted octanol–water partition coefficient (Wildman–Crippen LogP) is 1.13. The van der Waals surface area contributed by atoms with Crippen molar-refractivity contribution in [3.63, 3.8) is 0 Å². The van der Waals surface area contributed by atoms with E-state index < -0.39 is 5.97 Å². The minimum absolute atomic E-state index is 0. The number of aryl methyl sites for hydroxylation is 2. The molecule has 0 atom stereocenters. The van der Waals surface area contributed by atoms with Crippen molar-refractivity contribution in [1.82, 2.24) is 0 Å². The van der Waals surface area contributed by atoms with Crippen LogP contribution in [-0.4, -0.2) is 30.9 Å². The molecule has 1 aromatic carbocycles. The Kier molecular flexibility index (Phi) is 4.30. The zero-order valence-electron chi connectivity index (χ0n) is 7.51. The quantitative estimate of drug-likeness (QED) is 0.743. The van der Waals surface area contributed by atoms with Crippen LogP contribution in [0.3, 0.4) is 0 Å². The second-order valence-corrected chi connectivity index (χ2v) is 3.06. The fourth-order valence-electron chi connectivity index (χ4n) is 1.26. The van der Waals surface area contributed by atoms with Crippen LogP contribution in [0.2, 0.25) is 0 Å². The molecule has 13 heavy (non-hydrogen) atoms. The molecule has 3 heteroatoms. The summed E-state index contributed by atoms with van der Waals surface area (Å²) in [6.07, 6.45) is 0. The molecule has 0 saturated heterocycles. The average Bonchev–Trinajstić information content (AvgIpc) is 1.96. The molecule has 0 saturated carbocycles. The summed E-state index contributed by atoms with van der Waals surface area (Å²) in [7, 11) is 0. The van der Waals surface area contributed by atoms with Gasteiger partial charge in [0.25, 0.3) is 0 Å². The van der Waals surface area contributed by atoms with Gasteiger partial charge in [-0.3, -0.25) is 0 Å². The summed E-state index contributed by atoms with van der Waals surface area (Å²) < 4.78 is 0. The molecule has 2 nitrogen and oxygen atoms in total. The van der Waals surface area contributed by atoms with E-state index in [0.717, 1.165) is 16.7 Å². The Bertz CT molecular complexity index is 332. The summed E-state index contributed by atoms with van der Waals surface area (Å²) >= 11 is 0. The summed E-state index contributed by atoms with van der Waals surface area (Å²) in [6, 6.07) is 3.69. The monoisotopic (exact) mass is 236 g/mol. The molecule has 0 aliphatic carbocycles. The van der Waals surface area contributed by atoms with Gasteiger partial charge in [-0.2, -0.15) is 0 Å². The third-order valence-electron chi connectivity index (χ3n) is 2.04. The van der Waals surface area contributed by atoms with Gasteiger partial charge in [-0.15, -0.1) is 0 Å². The summed E-state index contributed by atoms with van der Waals surface area (Å²) in [5.41, 5.74) is 3.29. The molecule has 1 aromatic rings. The molecule has 0 bridgehead atoms. The van der Waals surface area contributed by atoms with Crippen LogP contribution in [0, 0.1) is 20.8 Å². The Labute approximate surface area is 91.0 Å². The molecule has 0 spiro atoms. The first kappa shape index (κ1) is 12.3. The second kappa shape index (κ2) is 4.53. The molecule has 0 amide bonds. The number of carboxylic acid groups (broad SMARTS) is 1. The molecule has 1 N–H and O–H groups in total. The number of aromatic carboxylic acids is 1. The standard InChI is InChI=1S/C10H12O2.Ga.3H/c1-6-4-7(2)8(3)9(5-6)10(11)12;;;;/h4-5H,1-3H3,(H,11,12);;;;. The van der Waals surface area contributed by atoms with Gasteiger partial charge in [0.1, 0.15) is 0 Å². The average molecular weight is 237 g/mol. The first-order chi connectivity index (χ1) is 5.52. The molecule has 0 aliphatic heterocycles. The van der Waals surface area contributed by atoms with Crippen molar-refractivity contribution in [1.29, 1.82) is 0 Å². The molecule has 0 aromatic heterocycles. The summed E-state index contributed by atoms with van der Waals surface area (Å²) in [5, 5.41) is 8.81. The number of rotatable bonds is 1. The van der Waals surface area contributed by atoms with Gasteiger partial charge >= 0.3 is 25.8 Å². The second-order valence-electron chi connectivity index (χ2n) is 3.06. The van der Waals surface area contributed by atoms with Crippen LogP contribution in [0.1, 0.15) is 27.0 Å². The first-order valence-electron chi connectivity index (χ1n) is 3.83. The summed E-state index contributed by atoms with van der Waals surface area (Å²) in [6.45, 7) is 5.66. The van der Waals surface area contributed by atoms with Crippen molar-refractivity contribution in [3.05, 3.63) is 34.4 Å². The fourth-order valence-corrected chi connectivity index (χ4v) is 1.26. The minimum atomic E-state index is -0.848. The van der Waals surface area contributed by atoms with Crippen LogP contribution in [0.5, 0.6) is 0 Å². The van der Waals surface area contributed by atoms with E-state index in [4.69, 9.17) is 5.11 Å². The van der Waals surface area contributed by atoms with Gasteiger partial charge in [0, 0.05) is 0 Å². The van der Waals surface area contributed by atoms with Crippen LogP contribution < -0.4 is 0 Å². The Balaban J connectivity index is 0.00000144. The van der Waals surface area contributed by atoms with Crippen LogP contribution in [-0.2, 0) is 0 Å². The van der Waals surface area contributed by atoms with Crippen molar-refractivity contribution in [2.24, 2.45) is 0 Å². The number of hydrogen-bond acceptors (Lipinski definition) is 1. The van der Waals surface area contributed by atoms with E-state index in [1.54, 1.807) is 6.07 Å². The summed E-state index contributed by atoms with van der Waals surface area (Å²) in [5.74, 6) is -0.848.